The van der Waals surface area contributed by atoms with Crippen molar-refractivity contribution in [2.24, 2.45) is 0 Å². The van der Waals surface area contributed by atoms with Gasteiger partial charge in [-0.15, -0.1) is 0 Å². The van der Waals surface area contributed by atoms with E-state index in [1.165, 1.54) is 0 Å². The van der Waals surface area contributed by atoms with E-state index in [-0.39, 0.29) is 5.54 Å². The SMILES string of the molecule is CC(C)(C)n1cc(Nc2nc(-c3ccncc3)nc3ccccc23)cn1. The highest BCUT2D eigenvalue weighted by Crippen LogP contribution is 2.27. The fourth-order valence-electron chi connectivity index (χ4n) is 2.69. The van der Waals surface area contributed by atoms with Gasteiger partial charge in [0.25, 0.3) is 0 Å². The minimum atomic E-state index is -0.0735. The summed E-state index contributed by atoms with van der Waals surface area (Å²) in [6.45, 7) is 6.35. The number of hydrogen-bond donors (Lipinski definition) is 1. The number of anilines is 2. The Bertz CT molecular complexity index is 1050. The summed E-state index contributed by atoms with van der Waals surface area (Å²) < 4.78 is 1.93. The lowest BCUT2D eigenvalue weighted by atomic mass is 10.1. The Balaban J connectivity index is 1.79. The first-order valence-electron chi connectivity index (χ1n) is 8.50. The molecule has 1 aromatic carbocycles. The average Bonchev–Trinajstić information content (AvgIpc) is 3.11. The van der Waals surface area contributed by atoms with E-state index >= 15 is 0 Å². The molecule has 0 amide bonds. The lowest BCUT2D eigenvalue weighted by Crippen LogP contribution is -2.21. The van der Waals surface area contributed by atoms with Gasteiger partial charge in [-0.25, -0.2) is 9.97 Å². The standard InChI is InChI=1S/C20H20N6/c1-20(2,3)26-13-15(12-22-26)23-19-16-6-4-5-7-17(16)24-18(25-19)14-8-10-21-11-9-14/h4-13H,1-3H3,(H,23,24,25). The molecule has 6 nitrogen and oxygen atoms in total. The molecule has 0 atom stereocenters. The van der Waals surface area contributed by atoms with Crippen LogP contribution in [0.4, 0.5) is 11.5 Å². The first-order valence-corrected chi connectivity index (χ1v) is 8.50. The minimum Gasteiger partial charge on any atom is -0.337 e. The molecule has 4 rings (SSSR count). The van der Waals surface area contributed by atoms with Crippen LogP contribution < -0.4 is 5.32 Å². The van der Waals surface area contributed by atoms with Crippen LogP contribution >= 0.6 is 0 Å². The Labute approximate surface area is 152 Å². The molecule has 130 valence electrons. The van der Waals surface area contributed by atoms with Crippen LogP contribution in [0.2, 0.25) is 0 Å². The smallest absolute Gasteiger partial charge is 0.162 e. The van der Waals surface area contributed by atoms with E-state index in [1.807, 2.05) is 53.5 Å². The van der Waals surface area contributed by atoms with E-state index in [2.05, 4.69) is 36.2 Å². The third kappa shape index (κ3) is 3.13. The largest absolute Gasteiger partial charge is 0.337 e. The van der Waals surface area contributed by atoms with Gasteiger partial charge in [0, 0.05) is 29.5 Å². The van der Waals surface area contributed by atoms with Crippen molar-refractivity contribution in [3.63, 3.8) is 0 Å². The first kappa shape index (κ1) is 16.2. The monoisotopic (exact) mass is 344 g/mol. The van der Waals surface area contributed by atoms with Gasteiger partial charge in [-0.2, -0.15) is 5.10 Å². The molecule has 4 aromatic rings. The molecule has 0 aliphatic carbocycles. The fourth-order valence-corrected chi connectivity index (χ4v) is 2.69. The molecule has 1 N–H and O–H groups in total. The summed E-state index contributed by atoms with van der Waals surface area (Å²) in [6, 6.07) is 11.8. The third-order valence-corrected chi connectivity index (χ3v) is 4.07. The molecule has 0 unspecified atom stereocenters. The van der Waals surface area contributed by atoms with E-state index in [4.69, 9.17) is 9.97 Å². The van der Waals surface area contributed by atoms with Gasteiger partial charge in [0.05, 0.1) is 22.9 Å². The van der Waals surface area contributed by atoms with Gasteiger partial charge >= 0.3 is 0 Å². The van der Waals surface area contributed by atoms with Gasteiger partial charge in [0.15, 0.2) is 5.82 Å². The van der Waals surface area contributed by atoms with Crippen LogP contribution in [-0.4, -0.2) is 24.7 Å². The normalized spacial score (nSPS) is 11.7. The molecule has 0 aliphatic rings. The van der Waals surface area contributed by atoms with Crippen molar-refractivity contribution in [1.82, 2.24) is 24.7 Å². The molecule has 0 saturated heterocycles. The van der Waals surface area contributed by atoms with E-state index < -0.39 is 0 Å². The number of para-hydroxylation sites is 1. The molecule has 0 radical (unpaired) electrons. The second kappa shape index (κ2) is 6.22. The van der Waals surface area contributed by atoms with Gasteiger partial charge in [-0.3, -0.25) is 9.67 Å². The van der Waals surface area contributed by atoms with Gasteiger partial charge in [-0.05, 0) is 45.0 Å². The highest BCUT2D eigenvalue weighted by molar-refractivity contribution is 5.92. The Morgan fingerprint density at radius 3 is 2.46 bits per heavy atom. The zero-order chi connectivity index (χ0) is 18.1. The molecule has 3 aromatic heterocycles. The lowest BCUT2D eigenvalue weighted by Gasteiger charge is -2.18. The summed E-state index contributed by atoms with van der Waals surface area (Å²) in [7, 11) is 0. The maximum absolute atomic E-state index is 4.75. The van der Waals surface area contributed by atoms with E-state index in [0.29, 0.717) is 5.82 Å². The number of pyridine rings is 1. The summed E-state index contributed by atoms with van der Waals surface area (Å²) in [4.78, 5) is 13.5. The van der Waals surface area contributed by atoms with E-state index in [9.17, 15) is 0 Å². The highest BCUT2D eigenvalue weighted by Gasteiger charge is 2.15. The average molecular weight is 344 g/mol. The summed E-state index contributed by atoms with van der Waals surface area (Å²) in [5, 5.41) is 8.81. The maximum atomic E-state index is 4.75. The topological polar surface area (TPSA) is 68.5 Å². The van der Waals surface area contributed by atoms with Crippen molar-refractivity contribution in [3.8, 4) is 11.4 Å². The van der Waals surface area contributed by atoms with E-state index in [0.717, 1.165) is 28.0 Å². The first-order chi connectivity index (χ1) is 12.5. The molecule has 0 spiro atoms. The van der Waals surface area contributed by atoms with Crippen molar-refractivity contribution in [2.45, 2.75) is 26.3 Å². The molecule has 3 heterocycles. The molecule has 0 bridgehead atoms. The van der Waals surface area contributed by atoms with Crippen LogP contribution in [0.25, 0.3) is 22.3 Å². The van der Waals surface area contributed by atoms with Crippen LogP contribution in [0.5, 0.6) is 0 Å². The predicted molar refractivity (Wildman–Crippen MR) is 103 cm³/mol. The Morgan fingerprint density at radius 2 is 1.73 bits per heavy atom. The number of fused-ring (bicyclic) bond motifs is 1. The van der Waals surface area contributed by atoms with Crippen LogP contribution in [0.3, 0.4) is 0 Å². The Morgan fingerprint density at radius 1 is 0.962 bits per heavy atom. The highest BCUT2D eigenvalue weighted by atomic mass is 15.3. The molecule has 0 aliphatic heterocycles. The number of nitrogens with zero attached hydrogens (tertiary/aromatic N) is 5. The van der Waals surface area contributed by atoms with Gasteiger partial charge < -0.3 is 5.32 Å². The number of benzene rings is 1. The van der Waals surface area contributed by atoms with Crippen LogP contribution in [0.1, 0.15) is 20.8 Å². The Hall–Kier alpha value is -3.28. The van der Waals surface area contributed by atoms with Crippen LogP contribution in [-0.2, 0) is 5.54 Å². The summed E-state index contributed by atoms with van der Waals surface area (Å²) in [5.41, 5.74) is 2.64. The molecular formula is C20H20N6. The van der Waals surface area contributed by atoms with Crippen LogP contribution in [0.15, 0.2) is 61.2 Å². The second-order valence-electron chi connectivity index (χ2n) is 7.12. The maximum Gasteiger partial charge on any atom is 0.162 e. The lowest BCUT2D eigenvalue weighted by molar-refractivity contribution is 0.355. The van der Waals surface area contributed by atoms with Gasteiger partial charge in [-0.1, -0.05) is 12.1 Å². The predicted octanol–water partition coefficient (Wildman–Crippen LogP) is 4.39. The summed E-state index contributed by atoms with van der Waals surface area (Å²) >= 11 is 0. The second-order valence-corrected chi connectivity index (χ2v) is 7.12. The number of aromatic nitrogens is 5. The van der Waals surface area contributed by atoms with Crippen LogP contribution in [0, 0.1) is 0 Å². The fraction of sp³-hybridized carbons (Fsp3) is 0.200. The molecule has 0 fully saturated rings. The minimum absolute atomic E-state index is 0.0735. The van der Waals surface area contributed by atoms with Crippen molar-refractivity contribution in [2.75, 3.05) is 5.32 Å². The number of nitrogens with one attached hydrogen (secondary N) is 1. The van der Waals surface area contributed by atoms with Crippen molar-refractivity contribution in [1.29, 1.82) is 0 Å². The van der Waals surface area contributed by atoms with E-state index in [1.54, 1.807) is 12.4 Å². The Kier molecular flexibility index (Phi) is 3.88. The van der Waals surface area contributed by atoms with Crippen molar-refractivity contribution < 1.29 is 0 Å². The molecule has 26 heavy (non-hydrogen) atoms. The van der Waals surface area contributed by atoms with Crippen molar-refractivity contribution >= 4 is 22.4 Å². The summed E-state index contributed by atoms with van der Waals surface area (Å²) in [5.74, 6) is 1.42. The quantitative estimate of drug-likeness (QED) is 0.597. The molecule has 0 saturated carbocycles. The zero-order valence-corrected chi connectivity index (χ0v) is 15.0. The van der Waals surface area contributed by atoms with Gasteiger partial charge in [0.1, 0.15) is 5.82 Å². The van der Waals surface area contributed by atoms with Crippen molar-refractivity contribution in [3.05, 3.63) is 61.2 Å². The third-order valence-electron chi connectivity index (χ3n) is 4.07. The zero-order valence-electron chi connectivity index (χ0n) is 15.0. The number of hydrogen-bond acceptors (Lipinski definition) is 5. The number of rotatable bonds is 3. The summed E-state index contributed by atoms with van der Waals surface area (Å²) in [6.07, 6.45) is 7.29. The molecule has 6 heteroatoms. The van der Waals surface area contributed by atoms with Gasteiger partial charge in [0.2, 0.25) is 0 Å². The molecular weight excluding hydrogens is 324 g/mol.